The van der Waals surface area contributed by atoms with Gasteiger partial charge in [-0.05, 0) is 55.3 Å². The van der Waals surface area contributed by atoms with Crippen LogP contribution in [-0.4, -0.2) is 83.7 Å². The molecule has 10 nitrogen and oxygen atoms in total. The van der Waals surface area contributed by atoms with Crippen LogP contribution in [0.15, 0.2) is 29.8 Å². The van der Waals surface area contributed by atoms with Crippen LogP contribution in [0, 0.1) is 18.3 Å². The highest BCUT2D eigenvalue weighted by Crippen LogP contribution is 2.28. The van der Waals surface area contributed by atoms with E-state index in [9.17, 15) is 19.5 Å². The minimum absolute atomic E-state index is 0.0365. The number of rotatable bonds is 12. The molecule has 2 aliphatic rings. The summed E-state index contributed by atoms with van der Waals surface area (Å²) in [5.41, 5.74) is 4.18. The third-order valence-corrected chi connectivity index (χ3v) is 8.69. The van der Waals surface area contributed by atoms with Gasteiger partial charge in [-0.2, -0.15) is 0 Å². The number of hydrogen-bond donors (Lipinski definition) is 4. The Labute approximate surface area is 246 Å². The van der Waals surface area contributed by atoms with Crippen molar-refractivity contribution in [2.24, 2.45) is 11.3 Å². The molecule has 0 radical (unpaired) electrons. The van der Waals surface area contributed by atoms with E-state index in [0.717, 1.165) is 47.6 Å². The van der Waals surface area contributed by atoms with Gasteiger partial charge in [-0.1, -0.05) is 45.0 Å². The molecule has 11 heteroatoms. The number of ether oxygens (including phenoxy) is 1. The van der Waals surface area contributed by atoms with Crippen LogP contribution < -0.4 is 16.0 Å². The van der Waals surface area contributed by atoms with Gasteiger partial charge in [0.25, 0.3) is 0 Å². The number of hydrogen-bond acceptors (Lipinski definition) is 8. The van der Waals surface area contributed by atoms with E-state index in [2.05, 4.69) is 20.9 Å². The maximum absolute atomic E-state index is 13.7. The molecule has 4 N–H and O–H groups in total. The number of nitrogens with one attached hydrogen (secondary N) is 3. The van der Waals surface area contributed by atoms with E-state index in [1.54, 1.807) is 11.3 Å². The highest BCUT2D eigenvalue weighted by Gasteiger charge is 2.44. The van der Waals surface area contributed by atoms with Crippen LogP contribution in [0.2, 0.25) is 0 Å². The molecule has 3 amide bonds. The summed E-state index contributed by atoms with van der Waals surface area (Å²) in [5.74, 6) is -0.401. The highest BCUT2D eigenvalue weighted by atomic mass is 32.1. The van der Waals surface area contributed by atoms with Gasteiger partial charge in [-0.25, -0.2) is 4.98 Å². The Balaban J connectivity index is 1.31. The first-order chi connectivity index (χ1) is 19.5. The predicted octanol–water partition coefficient (Wildman–Crippen LogP) is 2.24. The molecule has 1 aromatic carbocycles. The monoisotopic (exact) mass is 585 g/mol. The van der Waals surface area contributed by atoms with E-state index in [1.165, 1.54) is 4.90 Å². The van der Waals surface area contributed by atoms with E-state index in [1.807, 2.05) is 57.5 Å². The van der Waals surface area contributed by atoms with Crippen molar-refractivity contribution in [2.75, 3.05) is 32.8 Å². The van der Waals surface area contributed by atoms with Gasteiger partial charge in [-0.15, -0.1) is 11.3 Å². The number of amides is 3. The number of carbonyl (C=O) groups excluding carboxylic acids is 3. The van der Waals surface area contributed by atoms with Crippen molar-refractivity contribution in [1.82, 2.24) is 25.8 Å². The highest BCUT2D eigenvalue weighted by molar-refractivity contribution is 7.13. The first-order valence-corrected chi connectivity index (χ1v) is 15.2. The molecular formula is C30H43N5O5S. The topological polar surface area (TPSA) is 133 Å². The number of likely N-dealkylation sites (tertiary alicyclic amines) is 1. The summed E-state index contributed by atoms with van der Waals surface area (Å²) in [7, 11) is 0. The molecule has 0 bridgehead atoms. The second-order valence-corrected chi connectivity index (χ2v) is 13.0. The summed E-state index contributed by atoms with van der Waals surface area (Å²) in [6, 6.07) is 6.23. The van der Waals surface area contributed by atoms with Gasteiger partial charge in [0.05, 0.1) is 22.2 Å². The Bertz CT molecular complexity index is 1190. The Hall–Kier alpha value is -2.86. The fourth-order valence-corrected chi connectivity index (χ4v) is 5.99. The average Bonchev–Trinajstić information content (AvgIpc) is 3.51. The van der Waals surface area contributed by atoms with Crippen molar-refractivity contribution in [3.63, 3.8) is 0 Å². The molecule has 41 heavy (non-hydrogen) atoms. The Morgan fingerprint density at radius 2 is 1.95 bits per heavy atom. The lowest BCUT2D eigenvalue weighted by molar-refractivity contribution is -0.144. The first-order valence-electron chi connectivity index (χ1n) is 14.4. The summed E-state index contributed by atoms with van der Waals surface area (Å²) >= 11 is 1.59. The van der Waals surface area contributed by atoms with Gasteiger partial charge >= 0.3 is 0 Å². The van der Waals surface area contributed by atoms with Crippen LogP contribution in [0.25, 0.3) is 10.4 Å². The van der Waals surface area contributed by atoms with Crippen molar-refractivity contribution in [3.8, 4) is 10.4 Å². The molecule has 0 spiro atoms. The Morgan fingerprint density at radius 1 is 1.22 bits per heavy atom. The minimum Gasteiger partial charge on any atom is -0.391 e. The molecule has 4 rings (SSSR count). The standard InChI is InChI=1S/C30H43N5O5S/c1-19-26(41-18-33-19)22-9-7-20(8-10-22)15-32-28(38)24-12-23(36)16-35(24)29(39)27(30(2,3)4)34-25(37)17-40-11-5-6-21-13-31-14-21/h7-10,18,21,23-24,27,31,36H,5-6,11-17H2,1-4H3,(H,32,38)(H,34,37)/t23-,24+,27?/m1/s1. The van der Waals surface area contributed by atoms with Gasteiger partial charge in [-0.3, -0.25) is 14.4 Å². The van der Waals surface area contributed by atoms with Gasteiger partial charge in [0.15, 0.2) is 0 Å². The van der Waals surface area contributed by atoms with Crippen LogP contribution in [0.3, 0.4) is 0 Å². The van der Waals surface area contributed by atoms with Crippen LogP contribution >= 0.6 is 11.3 Å². The number of β-amino-alcohol motifs (C(OH)–C–C–N with tert-alkyl or cyclic N) is 1. The smallest absolute Gasteiger partial charge is 0.246 e. The minimum atomic E-state index is -0.872. The normalized spacial score (nSPS) is 20.0. The number of aromatic nitrogens is 1. The lowest BCUT2D eigenvalue weighted by Gasteiger charge is -2.35. The first kappa shape index (κ1) is 31.1. The maximum atomic E-state index is 13.7. The van der Waals surface area contributed by atoms with E-state index in [-0.39, 0.29) is 37.3 Å². The summed E-state index contributed by atoms with van der Waals surface area (Å²) in [6.45, 7) is 10.3. The van der Waals surface area contributed by atoms with Crippen molar-refractivity contribution in [3.05, 3.63) is 41.0 Å². The molecule has 2 aliphatic heterocycles. The fraction of sp³-hybridized carbons (Fsp3) is 0.600. The molecule has 2 aromatic rings. The van der Waals surface area contributed by atoms with Gasteiger partial charge in [0, 0.05) is 26.1 Å². The molecule has 1 unspecified atom stereocenters. The number of benzene rings is 1. The van der Waals surface area contributed by atoms with Crippen LogP contribution in [0.1, 0.15) is 51.3 Å². The molecule has 2 fully saturated rings. The SMILES string of the molecule is Cc1ncsc1-c1ccc(CNC(=O)[C@@H]2C[C@@H](O)CN2C(=O)C(NC(=O)COCCCC2CNC2)C(C)(C)C)cc1. The third kappa shape index (κ3) is 8.34. The molecule has 0 aliphatic carbocycles. The molecule has 3 atom stereocenters. The zero-order valence-electron chi connectivity index (χ0n) is 24.4. The predicted molar refractivity (Wildman–Crippen MR) is 158 cm³/mol. The quantitative estimate of drug-likeness (QED) is 0.281. The summed E-state index contributed by atoms with van der Waals surface area (Å²) in [5, 5.41) is 19.4. The average molecular weight is 586 g/mol. The molecule has 0 saturated carbocycles. The Morgan fingerprint density at radius 3 is 2.56 bits per heavy atom. The van der Waals surface area contributed by atoms with Crippen molar-refractivity contribution >= 4 is 29.1 Å². The molecule has 224 valence electrons. The largest absolute Gasteiger partial charge is 0.391 e. The van der Waals surface area contributed by atoms with Crippen molar-refractivity contribution in [2.45, 2.75) is 71.7 Å². The number of aryl methyl sites for hydroxylation is 1. The van der Waals surface area contributed by atoms with Crippen LogP contribution in [-0.2, 0) is 25.7 Å². The lowest BCUT2D eigenvalue weighted by Crippen LogP contribution is -2.58. The van der Waals surface area contributed by atoms with E-state index >= 15 is 0 Å². The van der Waals surface area contributed by atoms with E-state index in [4.69, 9.17) is 4.74 Å². The zero-order valence-corrected chi connectivity index (χ0v) is 25.3. The van der Waals surface area contributed by atoms with Crippen molar-refractivity contribution < 1.29 is 24.2 Å². The molecule has 1 aromatic heterocycles. The fourth-order valence-electron chi connectivity index (χ4n) is 5.17. The number of nitrogens with zero attached hydrogens (tertiary/aromatic N) is 2. The second-order valence-electron chi connectivity index (χ2n) is 12.2. The van der Waals surface area contributed by atoms with Gasteiger partial charge in [0.1, 0.15) is 18.7 Å². The maximum Gasteiger partial charge on any atom is 0.246 e. The molecule has 2 saturated heterocycles. The van der Waals surface area contributed by atoms with E-state index < -0.39 is 23.6 Å². The lowest BCUT2D eigenvalue weighted by atomic mass is 9.85. The number of aliphatic hydroxyl groups is 1. The third-order valence-electron chi connectivity index (χ3n) is 7.71. The van der Waals surface area contributed by atoms with Crippen molar-refractivity contribution in [1.29, 1.82) is 0 Å². The molecular weight excluding hydrogens is 542 g/mol. The van der Waals surface area contributed by atoms with Gasteiger partial charge < -0.3 is 30.7 Å². The molecule has 3 heterocycles. The van der Waals surface area contributed by atoms with E-state index in [0.29, 0.717) is 19.1 Å². The van der Waals surface area contributed by atoms with Crippen LogP contribution in [0.4, 0.5) is 0 Å². The van der Waals surface area contributed by atoms with Crippen LogP contribution in [0.5, 0.6) is 0 Å². The second kappa shape index (κ2) is 13.9. The number of carbonyl (C=O) groups is 3. The summed E-state index contributed by atoms with van der Waals surface area (Å²) < 4.78 is 5.55. The van der Waals surface area contributed by atoms with Gasteiger partial charge in [0.2, 0.25) is 17.7 Å². The summed E-state index contributed by atoms with van der Waals surface area (Å²) in [6.07, 6.45) is 1.28. The number of aliphatic hydroxyl groups excluding tert-OH is 1. The Kier molecular flexibility index (Phi) is 10.5. The zero-order chi connectivity index (χ0) is 29.6. The number of thiazole rings is 1. The summed E-state index contributed by atoms with van der Waals surface area (Å²) in [4.78, 5) is 46.4.